The summed E-state index contributed by atoms with van der Waals surface area (Å²) in [4.78, 5) is 2.51. The number of ether oxygens (including phenoxy) is 2. The van der Waals surface area contributed by atoms with Crippen molar-refractivity contribution in [1.29, 1.82) is 0 Å². The zero-order valence-electron chi connectivity index (χ0n) is 12.8. The van der Waals surface area contributed by atoms with Crippen molar-refractivity contribution in [2.75, 3.05) is 20.8 Å². The van der Waals surface area contributed by atoms with Gasteiger partial charge in [0.25, 0.3) is 0 Å². The highest BCUT2D eigenvalue weighted by atomic mass is 16.5. The number of hydrogen-bond acceptors (Lipinski definition) is 4. The maximum absolute atomic E-state index is 5.93. The summed E-state index contributed by atoms with van der Waals surface area (Å²) in [7, 11) is 3.38. The fourth-order valence-electron chi connectivity index (χ4n) is 3.06. The van der Waals surface area contributed by atoms with Crippen LogP contribution in [-0.2, 0) is 6.54 Å². The summed E-state index contributed by atoms with van der Waals surface area (Å²) in [5, 5.41) is 0. The average Bonchev–Trinajstić information content (AvgIpc) is 2.49. The van der Waals surface area contributed by atoms with Crippen LogP contribution in [0, 0.1) is 0 Å². The van der Waals surface area contributed by atoms with Gasteiger partial charge in [-0.05, 0) is 25.8 Å². The first kappa shape index (κ1) is 15.1. The molecular formula is C16H26N2O2. The second-order valence-electron chi connectivity index (χ2n) is 5.52. The molecule has 1 aliphatic heterocycles. The summed E-state index contributed by atoms with van der Waals surface area (Å²) in [6.07, 6.45) is 3.72. The first-order valence-corrected chi connectivity index (χ1v) is 7.36. The van der Waals surface area contributed by atoms with Gasteiger partial charge in [-0.2, -0.15) is 0 Å². The van der Waals surface area contributed by atoms with Crippen LogP contribution in [-0.4, -0.2) is 37.7 Å². The lowest BCUT2D eigenvalue weighted by Crippen LogP contribution is -2.48. The fraction of sp³-hybridized carbons (Fsp3) is 0.625. The molecular weight excluding hydrogens is 252 g/mol. The Morgan fingerprint density at radius 1 is 1.25 bits per heavy atom. The molecule has 1 aromatic carbocycles. The van der Waals surface area contributed by atoms with Crippen LogP contribution in [0.25, 0.3) is 0 Å². The first-order valence-electron chi connectivity index (χ1n) is 7.36. The average molecular weight is 278 g/mol. The van der Waals surface area contributed by atoms with Crippen LogP contribution in [0.5, 0.6) is 11.5 Å². The summed E-state index contributed by atoms with van der Waals surface area (Å²) in [6.45, 7) is 3.90. The SMILES string of the molecule is COc1ccc(CN2C(C)CCCC2CN)c(OC)c1. The van der Waals surface area contributed by atoms with Crippen LogP contribution in [0.15, 0.2) is 18.2 Å². The summed E-state index contributed by atoms with van der Waals surface area (Å²) in [5.41, 5.74) is 7.13. The number of methoxy groups -OCH3 is 2. The molecule has 2 N–H and O–H groups in total. The molecule has 112 valence electrons. The molecule has 0 saturated carbocycles. The molecule has 0 amide bonds. The topological polar surface area (TPSA) is 47.7 Å². The zero-order valence-corrected chi connectivity index (χ0v) is 12.8. The highest BCUT2D eigenvalue weighted by molar-refractivity contribution is 5.40. The summed E-state index contributed by atoms with van der Waals surface area (Å²) in [6, 6.07) is 7.08. The van der Waals surface area contributed by atoms with Crippen LogP contribution in [0.1, 0.15) is 31.7 Å². The molecule has 1 fully saturated rings. The van der Waals surface area contributed by atoms with E-state index in [-0.39, 0.29) is 0 Å². The Morgan fingerprint density at radius 2 is 2.05 bits per heavy atom. The van der Waals surface area contributed by atoms with E-state index in [2.05, 4.69) is 17.9 Å². The number of nitrogens with two attached hydrogens (primary N) is 1. The number of likely N-dealkylation sites (tertiary alicyclic amines) is 1. The van der Waals surface area contributed by atoms with E-state index in [1.165, 1.54) is 24.8 Å². The molecule has 2 atom stereocenters. The lowest BCUT2D eigenvalue weighted by Gasteiger charge is -2.40. The van der Waals surface area contributed by atoms with Crippen molar-refractivity contribution in [2.24, 2.45) is 5.73 Å². The van der Waals surface area contributed by atoms with E-state index in [9.17, 15) is 0 Å². The third-order valence-electron chi connectivity index (χ3n) is 4.31. The van der Waals surface area contributed by atoms with Gasteiger partial charge in [0.1, 0.15) is 11.5 Å². The predicted molar refractivity (Wildman–Crippen MR) is 81.2 cm³/mol. The van der Waals surface area contributed by atoms with Gasteiger partial charge in [0.2, 0.25) is 0 Å². The largest absolute Gasteiger partial charge is 0.497 e. The van der Waals surface area contributed by atoms with E-state index in [0.29, 0.717) is 12.1 Å². The Hall–Kier alpha value is -1.26. The highest BCUT2D eigenvalue weighted by Crippen LogP contribution is 2.30. The number of benzene rings is 1. The number of rotatable bonds is 5. The van der Waals surface area contributed by atoms with Gasteiger partial charge < -0.3 is 15.2 Å². The van der Waals surface area contributed by atoms with Crippen LogP contribution >= 0.6 is 0 Å². The van der Waals surface area contributed by atoms with Gasteiger partial charge in [0.05, 0.1) is 14.2 Å². The Bertz CT molecular complexity index is 436. The standard InChI is InChI=1S/C16H26N2O2/c1-12-5-4-6-14(10-17)18(12)11-13-7-8-15(19-2)9-16(13)20-3/h7-9,12,14H,4-6,10-11,17H2,1-3H3. The molecule has 1 saturated heterocycles. The quantitative estimate of drug-likeness (QED) is 0.898. The van der Waals surface area contributed by atoms with Gasteiger partial charge in [-0.25, -0.2) is 0 Å². The monoisotopic (exact) mass is 278 g/mol. The number of piperidine rings is 1. The Balaban J connectivity index is 2.18. The number of hydrogen-bond donors (Lipinski definition) is 1. The maximum atomic E-state index is 5.93. The van der Waals surface area contributed by atoms with Crippen molar-refractivity contribution in [3.8, 4) is 11.5 Å². The second-order valence-corrected chi connectivity index (χ2v) is 5.52. The van der Waals surface area contributed by atoms with Crippen molar-refractivity contribution < 1.29 is 9.47 Å². The molecule has 0 aliphatic carbocycles. The van der Waals surface area contributed by atoms with Gasteiger partial charge >= 0.3 is 0 Å². The van der Waals surface area contributed by atoms with Gasteiger partial charge in [-0.3, -0.25) is 4.90 Å². The molecule has 0 spiro atoms. The van der Waals surface area contributed by atoms with E-state index >= 15 is 0 Å². The summed E-state index contributed by atoms with van der Waals surface area (Å²) < 4.78 is 10.7. The Morgan fingerprint density at radius 3 is 2.70 bits per heavy atom. The zero-order chi connectivity index (χ0) is 14.5. The van der Waals surface area contributed by atoms with Crippen LogP contribution in [0.2, 0.25) is 0 Å². The lowest BCUT2D eigenvalue weighted by molar-refractivity contribution is 0.0883. The van der Waals surface area contributed by atoms with Crippen LogP contribution < -0.4 is 15.2 Å². The lowest BCUT2D eigenvalue weighted by atomic mass is 9.95. The fourth-order valence-corrected chi connectivity index (χ4v) is 3.06. The Kier molecular flexibility index (Phi) is 5.26. The third-order valence-corrected chi connectivity index (χ3v) is 4.31. The predicted octanol–water partition coefficient (Wildman–Crippen LogP) is 2.41. The van der Waals surface area contributed by atoms with Crippen LogP contribution in [0.4, 0.5) is 0 Å². The van der Waals surface area contributed by atoms with E-state index in [1.807, 2.05) is 12.1 Å². The van der Waals surface area contributed by atoms with Crippen molar-refractivity contribution in [2.45, 2.75) is 44.8 Å². The molecule has 2 rings (SSSR count). The molecule has 1 aromatic rings. The van der Waals surface area contributed by atoms with E-state index in [0.717, 1.165) is 24.6 Å². The minimum absolute atomic E-state index is 0.477. The van der Waals surface area contributed by atoms with Crippen molar-refractivity contribution >= 4 is 0 Å². The molecule has 2 unspecified atom stereocenters. The van der Waals surface area contributed by atoms with Crippen molar-refractivity contribution in [3.63, 3.8) is 0 Å². The molecule has 0 radical (unpaired) electrons. The van der Waals surface area contributed by atoms with Crippen molar-refractivity contribution in [3.05, 3.63) is 23.8 Å². The Labute approximate surface area is 121 Å². The molecule has 1 heterocycles. The number of nitrogens with zero attached hydrogens (tertiary/aromatic N) is 1. The molecule has 0 bridgehead atoms. The first-order chi connectivity index (χ1) is 9.69. The minimum atomic E-state index is 0.477. The van der Waals surface area contributed by atoms with Gasteiger partial charge in [-0.15, -0.1) is 0 Å². The molecule has 1 aliphatic rings. The van der Waals surface area contributed by atoms with E-state index < -0.39 is 0 Å². The third kappa shape index (κ3) is 3.25. The molecule has 4 nitrogen and oxygen atoms in total. The smallest absolute Gasteiger partial charge is 0.127 e. The maximum Gasteiger partial charge on any atom is 0.127 e. The second kappa shape index (κ2) is 6.95. The minimum Gasteiger partial charge on any atom is -0.497 e. The highest BCUT2D eigenvalue weighted by Gasteiger charge is 2.27. The van der Waals surface area contributed by atoms with Gasteiger partial charge in [0.15, 0.2) is 0 Å². The van der Waals surface area contributed by atoms with E-state index in [4.69, 9.17) is 15.2 Å². The molecule has 0 aromatic heterocycles. The van der Waals surface area contributed by atoms with Gasteiger partial charge in [-0.1, -0.05) is 12.5 Å². The molecule has 4 heteroatoms. The van der Waals surface area contributed by atoms with E-state index in [1.54, 1.807) is 14.2 Å². The molecule has 20 heavy (non-hydrogen) atoms. The van der Waals surface area contributed by atoms with Crippen molar-refractivity contribution in [1.82, 2.24) is 4.90 Å². The summed E-state index contributed by atoms with van der Waals surface area (Å²) in [5.74, 6) is 1.71. The van der Waals surface area contributed by atoms with Crippen LogP contribution in [0.3, 0.4) is 0 Å². The summed E-state index contributed by atoms with van der Waals surface area (Å²) >= 11 is 0. The normalized spacial score (nSPS) is 23.6. The van der Waals surface area contributed by atoms with Gasteiger partial charge in [0, 0.05) is 36.8 Å².